The zero-order valence-corrected chi connectivity index (χ0v) is 14.4. The van der Waals surface area contributed by atoms with Crippen LogP contribution in [0.4, 0.5) is 0 Å². The van der Waals surface area contributed by atoms with E-state index in [2.05, 4.69) is 0 Å². The van der Waals surface area contributed by atoms with Crippen LogP contribution in [0.3, 0.4) is 0 Å². The fraction of sp³-hybridized carbons (Fsp3) is 0.462. The molecule has 1 aromatic carbocycles. The lowest BCUT2D eigenvalue weighted by Crippen LogP contribution is -2.63. The standard InChI is InChI=1S/C13H16INO5S/c1-2-5-13(18)7-15(8-13)21(19,20)9-3-4-11(14)10(6-9)12(16)17/h3-4,6,18H,2,5,7-8H2,1H3,(H,16,17). The smallest absolute Gasteiger partial charge is 0.336 e. The molecule has 1 aromatic rings. The van der Waals surface area contributed by atoms with Gasteiger partial charge in [0.1, 0.15) is 0 Å². The third kappa shape index (κ3) is 3.22. The molecule has 0 bridgehead atoms. The van der Waals surface area contributed by atoms with Gasteiger partial charge in [0.15, 0.2) is 0 Å². The Labute approximate surface area is 137 Å². The SMILES string of the molecule is CCCC1(O)CN(S(=O)(=O)c2ccc(I)c(C(=O)O)c2)C1. The van der Waals surface area contributed by atoms with Crippen LogP contribution in [0.15, 0.2) is 23.1 Å². The summed E-state index contributed by atoms with van der Waals surface area (Å²) in [4.78, 5) is 11.0. The number of hydrogen-bond acceptors (Lipinski definition) is 4. The molecule has 0 saturated carbocycles. The predicted octanol–water partition coefficient (Wildman–Crippen LogP) is 1.52. The molecule has 0 atom stereocenters. The second-order valence-electron chi connectivity index (χ2n) is 5.19. The van der Waals surface area contributed by atoms with Crippen LogP contribution in [0, 0.1) is 3.57 Å². The number of benzene rings is 1. The lowest BCUT2D eigenvalue weighted by Gasteiger charge is -2.45. The highest BCUT2D eigenvalue weighted by molar-refractivity contribution is 14.1. The van der Waals surface area contributed by atoms with Gasteiger partial charge in [-0.1, -0.05) is 13.3 Å². The van der Waals surface area contributed by atoms with Crippen molar-refractivity contribution in [3.05, 3.63) is 27.3 Å². The minimum absolute atomic E-state index is 0.0407. The van der Waals surface area contributed by atoms with Gasteiger partial charge in [0.2, 0.25) is 10.0 Å². The molecule has 2 N–H and O–H groups in total. The van der Waals surface area contributed by atoms with Gasteiger partial charge in [-0.25, -0.2) is 13.2 Å². The molecule has 1 aliphatic rings. The zero-order chi connectivity index (χ0) is 15.8. The van der Waals surface area contributed by atoms with Gasteiger partial charge in [-0.2, -0.15) is 4.31 Å². The molecule has 2 rings (SSSR count). The number of halogens is 1. The van der Waals surface area contributed by atoms with E-state index in [4.69, 9.17) is 5.11 Å². The summed E-state index contributed by atoms with van der Waals surface area (Å²) in [5.41, 5.74) is -0.998. The Morgan fingerprint density at radius 1 is 1.43 bits per heavy atom. The van der Waals surface area contributed by atoms with Gasteiger partial charge < -0.3 is 10.2 Å². The number of carboxylic acid groups (broad SMARTS) is 1. The summed E-state index contributed by atoms with van der Waals surface area (Å²) in [6.45, 7) is 2.03. The number of β-amino-alcohol motifs (C(OH)–C–C–N with tert-alkyl or cyclic N) is 1. The molecule has 1 saturated heterocycles. The van der Waals surface area contributed by atoms with E-state index < -0.39 is 21.6 Å². The Morgan fingerprint density at radius 2 is 2.05 bits per heavy atom. The molecule has 0 spiro atoms. The summed E-state index contributed by atoms with van der Waals surface area (Å²) in [5, 5.41) is 19.1. The van der Waals surface area contributed by atoms with Gasteiger partial charge in [0, 0.05) is 16.7 Å². The fourth-order valence-electron chi connectivity index (χ4n) is 2.38. The van der Waals surface area contributed by atoms with E-state index in [1.165, 1.54) is 16.4 Å². The van der Waals surface area contributed by atoms with E-state index in [-0.39, 0.29) is 23.5 Å². The van der Waals surface area contributed by atoms with Gasteiger partial charge in [0.25, 0.3) is 0 Å². The monoisotopic (exact) mass is 425 g/mol. The van der Waals surface area contributed by atoms with Crippen LogP contribution in [-0.2, 0) is 10.0 Å². The Kier molecular flexibility index (Phi) is 4.62. The van der Waals surface area contributed by atoms with E-state index in [1.807, 2.05) is 29.5 Å². The molecule has 0 amide bonds. The molecule has 6 nitrogen and oxygen atoms in total. The first-order chi connectivity index (χ1) is 9.69. The van der Waals surface area contributed by atoms with Crippen molar-refractivity contribution < 1.29 is 23.4 Å². The van der Waals surface area contributed by atoms with Crippen molar-refractivity contribution in [2.45, 2.75) is 30.3 Å². The number of aliphatic hydroxyl groups is 1. The number of sulfonamides is 1. The molecule has 0 unspecified atom stereocenters. The van der Waals surface area contributed by atoms with Crippen LogP contribution in [0.5, 0.6) is 0 Å². The quantitative estimate of drug-likeness (QED) is 0.698. The third-order valence-corrected chi connectivity index (χ3v) is 6.19. The summed E-state index contributed by atoms with van der Waals surface area (Å²) in [6, 6.07) is 4.02. The second-order valence-corrected chi connectivity index (χ2v) is 8.29. The van der Waals surface area contributed by atoms with Gasteiger partial charge in [-0.3, -0.25) is 0 Å². The van der Waals surface area contributed by atoms with Crippen molar-refractivity contribution in [2.24, 2.45) is 0 Å². The van der Waals surface area contributed by atoms with Crippen molar-refractivity contribution in [1.29, 1.82) is 0 Å². The van der Waals surface area contributed by atoms with Crippen LogP contribution in [0.25, 0.3) is 0 Å². The van der Waals surface area contributed by atoms with Crippen LogP contribution >= 0.6 is 22.6 Å². The number of aromatic carboxylic acids is 1. The summed E-state index contributed by atoms with van der Waals surface area (Å²) < 4.78 is 26.5. The Balaban J connectivity index is 2.26. The van der Waals surface area contributed by atoms with Crippen LogP contribution in [-0.4, -0.2) is 47.6 Å². The average Bonchev–Trinajstić information content (AvgIpc) is 2.36. The van der Waals surface area contributed by atoms with Crippen LogP contribution in [0.2, 0.25) is 0 Å². The van der Waals surface area contributed by atoms with Crippen molar-refractivity contribution in [3.63, 3.8) is 0 Å². The second kappa shape index (κ2) is 5.82. The molecular weight excluding hydrogens is 409 g/mol. The topological polar surface area (TPSA) is 94.9 Å². The molecule has 21 heavy (non-hydrogen) atoms. The third-order valence-electron chi connectivity index (χ3n) is 3.46. The van der Waals surface area contributed by atoms with Gasteiger partial charge in [0.05, 0.1) is 16.1 Å². The van der Waals surface area contributed by atoms with Crippen LogP contribution in [0.1, 0.15) is 30.1 Å². The van der Waals surface area contributed by atoms with E-state index in [0.717, 1.165) is 12.5 Å². The molecule has 116 valence electrons. The Hall–Kier alpha value is -0.710. The van der Waals surface area contributed by atoms with Crippen LogP contribution < -0.4 is 0 Å². The minimum Gasteiger partial charge on any atom is -0.478 e. The lowest BCUT2D eigenvalue weighted by atomic mass is 9.92. The summed E-state index contributed by atoms with van der Waals surface area (Å²) in [7, 11) is -3.76. The van der Waals surface area contributed by atoms with Crippen molar-refractivity contribution >= 4 is 38.6 Å². The first-order valence-electron chi connectivity index (χ1n) is 6.45. The molecule has 1 fully saturated rings. The maximum Gasteiger partial charge on any atom is 0.336 e. The molecule has 8 heteroatoms. The number of rotatable bonds is 5. The van der Waals surface area contributed by atoms with E-state index in [1.54, 1.807) is 0 Å². The molecule has 0 aromatic heterocycles. The predicted molar refractivity (Wildman–Crippen MR) is 84.7 cm³/mol. The summed E-state index contributed by atoms with van der Waals surface area (Å²) >= 11 is 1.85. The first-order valence-corrected chi connectivity index (χ1v) is 8.97. The number of nitrogens with zero attached hydrogens (tertiary/aromatic N) is 1. The van der Waals surface area contributed by atoms with Gasteiger partial charge in [-0.15, -0.1) is 0 Å². The number of carbonyl (C=O) groups is 1. The summed E-state index contributed by atoms with van der Waals surface area (Å²) in [6.07, 6.45) is 1.32. The number of carboxylic acids is 1. The lowest BCUT2D eigenvalue weighted by molar-refractivity contribution is -0.0653. The van der Waals surface area contributed by atoms with E-state index in [0.29, 0.717) is 9.99 Å². The first kappa shape index (κ1) is 16.7. The molecule has 1 heterocycles. The maximum atomic E-state index is 12.4. The van der Waals surface area contributed by atoms with Crippen molar-refractivity contribution in [2.75, 3.05) is 13.1 Å². The largest absolute Gasteiger partial charge is 0.478 e. The highest BCUT2D eigenvalue weighted by Crippen LogP contribution is 2.32. The normalized spacial score (nSPS) is 18.2. The minimum atomic E-state index is -3.76. The maximum absolute atomic E-state index is 12.4. The Morgan fingerprint density at radius 3 is 2.57 bits per heavy atom. The molecule has 1 aliphatic heterocycles. The van der Waals surface area contributed by atoms with E-state index >= 15 is 0 Å². The fourth-order valence-corrected chi connectivity index (χ4v) is 4.57. The van der Waals surface area contributed by atoms with E-state index in [9.17, 15) is 18.3 Å². The molecule has 0 aliphatic carbocycles. The van der Waals surface area contributed by atoms with Gasteiger partial charge in [-0.05, 0) is 47.2 Å². The molecule has 0 radical (unpaired) electrons. The molecular formula is C13H16INO5S. The Bertz CT molecular complexity index is 667. The van der Waals surface area contributed by atoms with Gasteiger partial charge >= 0.3 is 5.97 Å². The number of hydrogen-bond donors (Lipinski definition) is 2. The average molecular weight is 425 g/mol. The zero-order valence-electron chi connectivity index (χ0n) is 11.4. The summed E-state index contributed by atoms with van der Waals surface area (Å²) in [5.74, 6) is -1.16. The highest BCUT2D eigenvalue weighted by atomic mass is 127. The van der Waals surface area contributed by atoms with Crippen molar-refractivity contribution in [3.8, 4) is 0 Å². The van der Waals surface area contributed by atoms with Crippen molar-refractivity contribution in [1.82, 2.24) is 4.31 Å². The highest BCUT2D eigenvalue weighted by Gasteiger charge is 2.46.